The molecular formula is C25H26BrClN2O3. The number of hydrogen-bond acceptors (Lipinski definition) is 5. The minimum Gasteiger partial charge on any atom is -0.493 e. The highest BCUT2D eigenvalue weighted by Gasteiger charge is 2.16. The third-order valence-electron chi connectivity index (χ3n) is 5.37. The van der Waals surface area contributed by atoms with E-state index < -0.39 is 0 Å². The fourth-order valence-electron chi connectivity index (χ4n) is 3.65. The van der Waals surface area contributed by atoms with Gasteiger partial charge in [0.15, 0.2) is 11.5 Å². The number of hydrogen-bond donors (Lipinski definition) is 1. The van der Waals surface area contributed by atoms with Gasteiger partial charge < -0.3 is 24.4 Å². The standard InChI is InChI=1S/C25H26BrClN2O3/c1-30-24-10-9-23(26)22(25(24)32-17-18-3-2-4-19(27)15-18)16-28-20-5-7-21(8-6-20)29-11-13-31-14-12-29/h2-10,15,28H,11-14,16-17H2,1H3. The maximum atomic E-state index is 6.20. The number of nitrogens with zero attached hydrogens (tertiary/aromatic N) is 1. The Hall–Kier alpha value is -2.41. The molecule has 1 N–H and O–H groups in total. The number of benzene rings is 3. The Morgan fingerprint density at radius 1 is 1.06 bits per heavy atom. The van der Waals surface area contributed by atoms with Crippen molar-refractivity contribution in [1.82, 2.24) is 0 Å². The van der Waals surface area contributed by atoms with E-state index in [9.17, 15) is 0 Å². The first kappa shape index (κ1) is 22.8. The predicted octanol–water partition coefficient (Wildman–Crippen LogP) is 6.14. The third-order valence-corrected chi connectivity index (χ3v) is 6.35. The number of anilines is 2. The molecule has 1 fully saturated rings. The van der Waals surface area contributed by atoms with Gasteiger partial charge in [-0.05, 0) is 54.1 Å². The maximum Gasteiger partial charge on any atom is 0.167 e. The Kier molecular flexibility index (Phi) is 7.79. The monoisotopic (exact) mass is 516 g/mol. The molecule has 0 atom stereocenters. The summed E-state index contributed by atoms with van der Waals surface area (Å²) in [4.78, 5) is 2.34. The summed E-state index contributed by atoms with van der Waals surface area (Å²) in [5.74, 6) is 1.40. The van der Waals surface area contributed by atoms with Gasteiger partial charge in [-0.3, -0.25) is 0 Å². The lowest BCUT2D eigenvalue weighted by molar-refractivity contribution is 0.122. The molecule has 32 heavy (non-hydrogen) atoms. The Balaban J connectivity index is 1.47. The molecule has 3 aromatic carbocycles. The molecule has 168 valence electrons. The second-order valence-electron chi connectivity index (χ2n) is 7.48. The van der Waals surface area contributed by atoms with Crippen molar-refractivity contribution in [3.05, 3.63) is 81.3 Å². The van der Waals surface area contributed by atoms with Crippen LogP contribution < -0.4 is 19.7 Å². The van der Waals surface area contributed by atoms with Gasteiger partial charge in [-0.15, -0.1) is 0 Å². The minimum atomic E-state index is 0.397. The van der Waals surface area contributed by atoms with Crippen LogP contribution >= 0.6 is 27.5 Å². The molecular weight excluding hydrogens is 492 g/mol. The summed E-state index contributed by atoms with van der Waals surface area (Å²) in [7, 11) is 1.65. The van der Waals surface area contributed by atoms with Gasteiger partial charge in [0, 0.05) is 46.1 Å². The SMILES string of the molecule is COc1ccc(Br)c(CNc2ccc(N3CCOCC3)cc2)c1OCc1cccc(Cl)c1. The van der Waals surface area contributed by atoms with E-state index >= 15 is 0 Å². The molecule has 0 radical (unpaired) electrons. The van der Waals surface area contributed by atoms with Crippen LogP contribution in [-0.2, 0) is 17.9 Å². The van der Waals surface area contributed by atoms with Gasteiger partial charge >= 0.3 is 0 Å². The van der Waals surface area contributed by atoms with Crippen molar-refractivity contribution >= 4 is 38.9 Å². The first-order valence-corrected chi connectivity index (χ1v) is 11.7. The summed E-state index contributed by atoms with van der Waals surface area (Å²) in [5, 5.41) is 4.19. The molecule has 0 aromatic heterocycles. The highest BCUT2D eigenvalue weighted by Crippen LogP contribution is 2.37. The minimum absolute atomic E-state index is 0.397. The van der Waals surface area contributed by atoms with Crippen molar-refractivity contribution in [2.24, 2.45) is 0 Å². The van der Waals surface area contributed by atoms with Gasteiger partial charge in [-0.25, -0.2) is 0 Å². The van der Waals surface area contributed by atoms with Crippen LogP contribution in [0.15, 0.2) is 65.1 Å². The molecule has 1 aliphatic rings. The van der Waals surface area contributed by atoms with Crippen LogP contribution in [0.2, 0.25) is 5.02 Å². The Morgan fingerprint density at radius 3 is 2.56 bits per heavy atom. The molecule has 0 spiro atoms. The first-order chi connectivity index (χ1) is 15.6. The van der Waals surface area contributed by atoms with E-state index in [1.807, 2.05) is 36.4 Å². The molecule has 1 saturated heterocycles. The van der Waals surface area contributed by atoms with Crippen molar-refractivity contribution in [3.8, 4) is 11.5 Å². The predicted molar refractivity (Wildman–Crippen MR) is 133 cm³/mol. The molecule has 0 saturated carbocycles. The zero-order valence-corrected chi connectivity index (χ0v) is 20.3. The first-order valence-electron chi connectivity index (χ1n) is 10.5. The van der Waals surface area contributed by atoms with Crippen LogP contribution in [-0.4, -0.2) is 33.4 Å². The normalized spacial score (nSPS) is 13.7. The average molecular weight is 518 g/mol. The Labute approximate surface area is 202 Å². The van der Waals surface area contributed by atoms with E-state index in [1.165, 1.54) is 5.69 Å². The lowest BCUT2D eigenvalue weighted by atomic mass is 10.1. The second kappa shape index (κ2) is 10.9. The zero-order chi connectivity index (χ0) is 22.3. The van der Waals surface area contributed by atoms with E-state index in [2.05, 4.69) is 50.4 Å². The molecule has 7 heteroatoms. The summed E-state index contributed by atoms with van der Waals surface area (Å²) in [5.41, 5.74) is 4.24. The summed E-state index contributed by atoms with van der Waals surface area (Å²) in [6.45, 7) is 4.39. The number of ether oxygens (including phenoxy) is 3. The zero-order valence-electron chi connectivity index (χ0n) is 17.9. The number of nitrogens with one attached hydrogen (secondary N) is 1. The van der Waals surface area contributed by atoms with Crippen molar-refractivity contribution in [2.45, 2.75) is 13.2 Å². The average Bonchev–Trinajstić information content (AvgIpc) is 2.83. The van der Waals surface area contributed by atoms with Crippen LogP contribution in [0.5, 0.6) is 11.5 Å². The van der Waals surface area contributed by atoms with Gasteiger partial charge in [0.1, 0.15) is 6.61 Å². The molecule has 0 aliphatic carbocycles. The summed E-state index contributed by atoms with van der Waals surface area (Å²) in [6.07, 6.45) is 0. The van der Waals surface area contributed by atoms with E-state index in [0.29, 0.717) is 29.7 Å². The topological polar surface area (TPSA) is 43.0 Å². The molecule has 4 rings (SSSR count). The molecule has 1 heterocycles. The van der Waals surface area contributed by atoms with Crippen molar-refractivity contribution in [2.75, 3.05) is 43.6 Å². The molecule has 1 aliphatic heterocycles. The van der Waals surface area contributed by atoms with Crippen LogP contribution in [0.25, 0.3) is 0 Å². The molecule has 3 aromatic rings. The van der Waals surface area contributed by atoms with Crippen molar-refractivity contribution in [3.63, 3.8) is 0 Å². The Bertz CT molecular complexity index is 1040. The number of methoxy groups -OCH3 is 1. The van der Waals surface area contributed by atoms with Crippen LogP contribution in [0.4, 0.5) is 11.4 Å². The van der Waals surface area contributed by atoms with Gasteiger partial charge in [-0.2, -0.15) is 0 Å². The number of morpholine rings is 1. The molecule has 0 unspecified atom stereocenters. The highest BCUT2D eigenvalue weighted by atomic mass is 79.9. The Morgan fingerprint density at radius 2 is 1.84 bits per heavy atom. The van der Waals surface area contributed by atoms with Crippen molar-refractivity contribution in [1.29, 1.82) is 0 Å². The fraction of sp³-hybridized carbons (Fsp3) is 0.280. The van der Waals surface area contributed by atoms with Gasteiger partial charge in [0.05, 0.1) is 20.3 Å². The summed E-state index contributed by atoms with van der Waals surface area (Å²) < 4.78 is 18.2. The summed E-state index contributed by atoms with van der Waals surface area (Å²) >= 11 is 9.78. The van der Waals surface area contributed by atoms with E-state index in [-0.39, 0.29) is 0 Å². The number of rotatable bonds is 8. The van der Waals surface area contributed by atoms with Gasteiger partial charge in [0.25, 0.3) is 0 Å². The largest absolute Gasteiger partial charge is 0.493 e. The van der Waals surface area contributed by atoms with E-state index in [1.54, 1.807) is 7.11 Å². The quantitative estimate of drug-likeness (QED) is 0.389. The molecule has 0 amide bonds. The molecule has 0 bridgehead atoms. The van der Waals surface area contributed by atoms with E-state index in [0.717, 1.165) is 47.6 Å². The lowest BCUT2D eigenvalue weighted by Gasteiger charge is -2.29. The fourth-order valence-corrected chi connectivity index (χ4v) is 4.32. The van der Waals surface area contributed by atoms with E-state index in [4.69, 9.17) is 25.8 Å². The highest BCUT2D eigenvalue weighted by molar-refractivity contribution is 9.10. The third kappa shape index (κ3) is 5.68. The smallest absolute Gasteiger partial charge is 0.167 e. The van der Waals surface area contributed by atoms with Gasteiger partial charge in [0.2, 0.25) is 0 Å². The number of halogens is 2. The van der Waals surface area contributed by atoms with Crippen LogP contribution in [0.1, 0.15) is 11.1 Å². The van der Waals surface area contributed by atoms with Gasteiger partial charge in [-0.1, -0.05) is 39.7 Å². The second-order valence-corrected chi connectivity index (χ2v) is 8.77. The van der Waals surface area contributed by atoms with Crippen LogP contribution in [0.3, 0.4) is 0 Å². The lowest BCUT2D eigenvalue weighted by Crippen LogP contribution is -2.36. The van der Waals surface area contributed by atoms with Crippen molar-refractivity contribution < 1.29 is 14.2 Å². The van der Waals surface area contributed by atoms with Crippen LogP contribution in [0, 0.1) is 0 Å². The summed E-state index contributed by atoms with van der Waals surface area (Å²) in [6, 6.07) is 20.0. The maximum absolute atomic E-state index is 6.20. The molecule has 5 nitrogen and oxygen atoms in total.